The van der Waals surface area contributed by atoms with Crippen molar-refractivity contribution < 1.29 is 14.3 Å². The third-order valence-electron chi connectivity index (χ3n) is 8.65. The SMILES string of the molecule is COC1CCC(C2(CC3NC4CCCCC4N3)C(=O)C3=C(CCCC3)C2=O)CC1. The first-order valence-corrected chi connectivity index (χ1v) is 12.0. The summed E-state index contributed by atoms with van der Waals surface area (Å²) in [7, 11) is 1.78. The van der Waals surface area contributed by atoms with E-state index < -0.39 is 5.41 Å². The summed E-state index contributed by atoms with van der Waals surface area (Å²) in [5, 5.41) is 7.53. The van der Waals surface area contributed by atoms with Gasteiger partial charge in [-0.3, -0.25) is 20.2 Å². The Morgan fingerprint density at radius 2 is 1.38 bits per heavy atom. The minimum Gasteiger partial charge on any atom is -0.381 e. The molecule has 0 amide bonds. The maximum Gasteiger partial charge on any atom is 0.173 e. The number of hydrogen-bond acceptors (Lipinski definition) is 5. The molecule has 5 heteroatoms. The van der Waals surface area contributed by atoms with Crippen molar-refractivity contribution in [2.75, 3.05) is 7.11 Å². The fraction of sp³-hybridized carbons (Fsp3) is 0.833. The zero-order valence-electron chi connectivity index (χ0n) is 17.8. The fourth-order valence-corrected chi connectivity index (χ4v) is 7.10. The molecule has 1 saturated heterocycles. The monoisotopic (exact) mass is 400 g/mol. The van der Waals surface area contributed by atoms with E-state index in [0.717, 1.165) is 62.5 Å². The summed E-state index contributed by atoms with van der Waals surface area (Å²) >= 11 is 0. The topological polar surface area (TPSA) is 67.4 Å². The van der Waals surface area contributed by atoms with Crippen molar-refractivity contribution in [1.82, 2.24) is 10.6 Å². The van der Waals surface area contributed by atoms with E-state index in [4.69, 9.17) is 4.74 Å². The van der Waals surface area contributed by atoms with Gasteiger partial charge in [-0.2, -0.15) is 0 Å². The second-order valence-corrected chi connectivity index (χ2v) is 10.1. The molecule has 0 aromatic rings. The van der Waals surface area contributed by atoms with Crippen LogP contribution in [0.25, 0.3) is 0 Å². The summed E-state index contributed by atoms with van der Waals surface area (Å²) < 4.78 is 5.58. The van der Waals surface area contributed by atoms with E-state index in [1.807, 2.05) is 0 Å². The van der Waals surface area contributed by atoms with Crippen LogP contribution in [-0.4, -0.2) is 43.0 Å². The average molecular weight is 401 g/mol. The molecule has 0 aromatic carbocycles. The molecule has 5 aliphatic rings. The van der Waals surface area contributed by atoms with Gasteiger partial charge >= 0.3 is 0 Å². The van der Waals surface area contributed by atoms with Gasteiger partial charge in [0.25, 0.3) is 0 Å². The Morgan fingerprint density at radius 3 is 1.90 bits per heavy atom. The Labute approximate surface area is 174 Å². The summed E-state index contributed by atoms with van der Waals surface area (Å²) in [5.74, 6) is 0.541. The lowest BCUT2D eigenvalue weighted by Gasteiger charge is -2.41. The summed E-state index contributed by atoms with van der Waals surface area (Å²) in [6, 6.07) is 1.01. The normalized spacial score (nSPS) is 39.6. The van der Waals surface area contributed by atoms with Gasteiger partial charge in [0.1, 0.15) is 5.41 Å². The molecule has 2 unspecified atom stereocenters. The molecule has 4 aliphatic carbocycles. The van der Waals surface area contributed by atoms with E-state index in [2.05, 4.69) is 10.6 Å². The Balaban J connectivity index is 1.43. The third kappa shape index (κ3) is 3.24. The van der Waals surface area contributed by atoms with E-state index in [9.17, 15) is 9.59 Å². The van der Waals surface area contributed by atoms with Crippen molar-refractivity contribution in [1.29, 1.82) is 0 Å². The van der Waals surface area contributed by atoms with E-state index in [-0.39, 0.29) is 29.8 Å². The number of carbonyl (C=O) groups is 2. The highest BCUT2D eigenvalue weighted by molar-refractivity contribution is 6.28. The molecule has 0 spiro atoms. The molecule has 29 heavy (non-hydrogen) atoms. The Kier molecular flexibility index (Phi) is 5.42. The smallest absolute Gasteiger partial charge is 0.173 e. The Bertz CT molecular complexity index is 665. The molecular weight excluding hydrogens is 364 g/mol. The molecule has 0 bridgehead atoms. The van der Waals surface area contributed by atoms with Crippen LogP contribution in [0.3, 0.4) is 0 Å². The first kappa shape index (κ1) is 19.9. The number of Topliss-reactive ketones (excluding diaryl/α,β-unsaturated/α-hetero) is 2. The van der Waals surface area contributed by atoms with Gasteiger partial charge in [0.15, 0.2) is 11.6 Å². The van der Waals surface area contributed by atoms with E-state index in [1.165, 1.54) is 25.7 Å². The van der Waals surface area contributed by atoms with Gasteiger partial charge in [0.2, 0.25) is 0 Å². The maximum absolute atomic E-state index is 13.9. The molecule has 1 heterocycles. The summed E-state index contributed by atoms with van der Waals surface area (Å²) in [4.78, 5) is 27.7. The molecule has 1 aliphatic heterocycles. The maximum atomic E-state index is 13.9. The summed E-state index contributed by atoms with van der Waals surface area (Å²) in [5.41, 5.74) is 0.961. The van der Waals surface area contributed by atoms with Crippen LogP contribution in [0.2, 0.25) is 0 Å². The molecule has 5 rings (SSSR count). The van der Waals surface area contributed by atoms with Crippen LogP contribution in [0.4, 0.5) is 0 Å². The van der Waals surface area contributed by atoms with Crippen molar-refractivity contribution in [3.05, 3.63) is 11.1 Å². The lowest BCUT2D eigenvalue weighted by molar-refractivity contribution is -0.141. The number of methoxy groups -OCH3 is 1. The second-order valence-electron chi connectivity index (χ2n) is 10.1. The first-order valence-electron chi connectivity index (χ1n) is 12.0. The van der Waals surface area contributed by atoms with Crippen molar-refractivity contribution in [3.8, 4) is 0 Å². The minimum atomic E-state index is -0.828. The van der Waals surface area contributed by atoms with Gasteiger partial charge < -0.3 is 4.74 Å². The minimum absolute atomic E-state index is 0.0810. The summed E-state index contributed by atoms with van der Waals surface area (Å²) in [6.07, 6.45) is 13.5. The molecule has 2 atom stereocenters. The number of hydrogen-bond donors (Lipinski definition) is 2. The molecule has 3 fully saturated rings. The van der Waals surface area contributed by atoms with Crippen LogP contribution in [0, 0.1) is 11.3 Å². The van der Waals surface area contributed by atoms with Crippen molar-refractivity contribution in [2.45, 2.75) is 108 Å². The summed E-state index contributed by atoms with van der Waals surface area (Å²) in [6.45, 7) is 0. The number of rotatable bonds is 4. The van der Waals surface area contributed by atoms with Crippen LogP contribution in [0.5, 0.6) is 0 Å². The molecule has 0 aromatic heterocycles. The number of nitrogens with one attached hydrogen (secondary N) is 2. The molecule has 2 N–H and O–H groups in total. The lowest BCUT2D eigenvalue weighted by atomic mass is 9.62. The third-order valence-corrected chi connectivity index (χ3v) is 8.65. The zero-order valence-corrected chi connectivity index (χ0v) is 17.8. The predicted octanol–water partition coefficient (Wildman–Crippen LogP) is 3.42. The second kappa shape index (κ2) is 7.90. The van der Waals surface area contributed by atoms with Crippen molar-refractivity contribution >= 4 is 11.6 Å². The van der Waals surface area contributed by atoms with Crippen LogP contribution in [0.1, 0.15) is 83.5 Å². The highest BCUT2D eigenvalue weighted by Gasteiger charge is 2.59. The fourth-order valence-electron chi connectivity index (χ4n) is 7.10. The van der Waals surface area contributed by atoms with Gasteiger partial charge in [0, 0.05) is 30.3 Å². The molecular formula is C24H36N2O3. The number of ether oxygens (including phenoxy) is 1. The molecule has 0 radical (unpaired) electrons. The number of fused-ring (bicyclic) bond motifs is 1. The van der Waals surface area contributed by atoms with Gasteiger partial charge in [-0.15, -0.1) is 0 Å². The average Bonchev–Trinajstić information content (AvgIpc) is 3.27. The van der Waals surface area contributed by atoms with Gasteiger partial charge in [0.05, 0.1) is 12.3 Å². The quantitative estimate of drug-likeness (QED) is 0.708. The molecule has 5 nitrogen and oxygen atoms in total. The lowest BCUT2D eigenvalue weighted by Crippen LogP contribution is -2.50. The van der Waals surface area contributed by atoms with Gasteiger partial charge in [-0.25, -0.2) is 0 Å². The van der Waals surface area contributed by atoms with Gasteiger partial charge in [-0.1, -0.05) is 12.8 Å². The highest BCUT2D eigenvalue weighted by Crippen LogP contribution is 2.53. The van der Waals surface area contributed by atoms with Crippen molar-refractivity contribution in [2.24, 2.45) is 11.3 Å². The van der Waals surface area contributed by atoms with Crippen molar-refractivity contribution in [3.63, 3.8) is 0 Å². The Morgan fingerprint density at radius 1 is 0.828 bits per heavy atom. The highest BCUT2D eigenvalue weighted by atomic mass is 16.5. The zero-order chi connectivity index (χ0) is 20.0. The largest absolute Gasteiger partial charge is 0.381 e. The van der Waals surface area contributed by atoms with E-state index >= 15 is 0 Å². The number of carbonyl (C=O) groups excluding carboxylic acids is 2. The van der Waals surface area contributed by atoms with E-state index in [1.54, 1.807) is 7.11 Å². The first-order chi connectivity index (χ1) is 14.1. The predicted molar refractivity (Wildman–Crippen MR) is 111 cm³/mol. The van der Waals surface area contributed by atoms with E-state index in [0.29, 0.717) is 18.5 Å². The molecule has 2 saturated carbocycles. The molecule has 160 valence electrons. The Hall–Kier alpha value is -1.04. The standard InChI is InChI=1S/C24H36N2O3/c1-29-16-12-10-15(11-13-16)24(14-21-25-19-8-4-5-9-20(19)26-21)22(27)17-6-2-3-7-18(17)23(24)28/h15-16,19-21,25-26H,2-14H2,1H3. The van der Waals surface area contributed by atoms with Crippen LogP contribution < -0.4 is 10.6 Å². The number of allylic oxidation sites excluding steroid dienone is 2. The van der Waals surface area contributed by atoms with Crippen LogP contribution in [0.15, 0.2) is 11.1 Å². The van der Waals surface area contributed by atoms with Crippen LogP contribution in [-0.2, 0) is 14.3 Å². The number of ketones is 2. The van der Waals surface area contributed by atoms with Crippen LogP contribution >= 0.6 is 0 Å². The van der Waals surface area contributed by atoms with Gasteiger partial charge in [-0.05, 0) is 76.5 Å².